The molecule has 0 aliphatic carbocycles. The summed E-state index contributed by atoms with van der Waals surface area (Å²) in [4.78, 5) is 24.5. The number of aldehydes is 2. The molecule has 0 saturated carbocycles. The summed E-state index contributed by atoms with van der Waals surface area (Å²) in [6.07, 6.45) is 1.43. The molecule has 0 fully saturated rings. The molecule has 0 radical (unpaired) electrons. The van der Waals surface area contributed by atoms with E-state index in [4.69, 9.17) is 0 Å². The van der Waals surface area contributed by atoms with E-state index in [9.17, 15) is 9.59 Å². The van der Waals surface area contributed by atoms with Gasteiger partial charge in [0.1, 0.15) is 0 Å². The van der Waals surface area contributed by atoms with E-state index in [1.165, 1.54) is 0 Å². The van der Waals surface area contributed by atoms with Crippen molar-refractivity contribution in [2.45, 2.75) is 6.54 Å². The second kappa shape index (κ2) is 7.38. The number of para-hydroxylation sites is 1. The van der Waals surface area contributed by atoms with Crippen LogP contribution in [-0.2, 0) is 6.54 Å². The first-order valence-electron chi connectivity index (χ1n) is 7.73. The number of benzene rings is 3. The third kappa shape index (κ3) is 3.41. The number of carbonyl (C=O) groups excluding carboxylic acids is 2. The highest BCUT2D eigenvalue weighted by atomic mass is 16.1. The molecule has 3 aromatic carbocycles. The molecule has 0 atom stereocenters. The van der Waals surface area contributed by atoms with Crippen molar-refractivity contribution in [1.29, 1.82) is 0 Å². The first-order valence-corrected chi connectivity index (χ1v) is 7.73. The molecule has 0 aromatic heterocycles. The van der Waals surface area contributed by atoms with E-state index in [2.05, 4.69) is 17.0 Å². The fourth-order valence-electron chi connectivity index (χ4n) is 2.65. The summed E-state index contributed by atoms with van der Waals surface area (Å²) in [6, 6.07) is 25.4. The average Bonchev–Trinajstić information content (AvgIpc) is 2.67. The van der Waals surface area contributed by atoms with E-state index in [0.717, 1.165) is 23.2 Å². The first kappa shape index (κ1) is 15.7. The quantitative estimate of drug-likeness (QED) is 0.621. The predicted octanol–water partition coefficient (Wildman–Crippen LogP) is 4.65. The molecule has 0 saturated heterocycles. The van der Waals surface area contributed by atoms with Crippen molar-refractivity contribution < 1.29 is 9.59 Å². The molecule has 0 amide bonds. The van der Waals surface area contributed by atoms with Gasteiger partial charge in [0.2, 0.25) is 0 Å². The van der Waals surface area contributed by atoms with Crippen LogP contribution in [0.5, 0.6) is 0 Å². The van der Waals surface area contributed by atoms with E-state index in [-0.39, 0.29) is 0 Å². The number of carbonyl (C=O) groups is 2. The van der Waals surface area contributed by atoms with Crippen molar-refractivity contribution >= 4 is 23.9 Å². The van der Waals surface area contributed by atoms with Crippen LogP contribution in [0.25, 0.3) is 0 Å². The third-order valence-corrected chi connectivity index (χ3v) is 3.89. The standard InChI is InChI=1S/C21H17NO2/c23-15-18-11-12-21(13-19(18)16-24)22(20-9-5-2-6-10-20)14-17-7-3-1-4-8-17/h1-13,15-16H,14H2. The fraction of sp³-hybridized carbons (Fsp3) is 0.0476. The van der Waals surface area contributed by atoms with Gasteiger partial charge in [0, 0.05) is 29.0 Å². The van der Waals surface area contributed by atoms with Gasteiger partial charge in [-0.2, -0.15) is 0 Å². The number of hydrogen-bond donors (Lipinski definition) is 0. The Morgan fingerprint density at radius 3 is 1.92 bits per heavy atom. The Bertz CT molecular complexity index is 829. The van der Waals surface area contributed by atoms with Gasteiger partial charge < -0.3 is 4.90 Å². The van der Waals surface area contributed by atoms with Gasteiger partial charge in [-0.1, -0.05) is 48.5 Å². The molecule has 0 aliphatic rings. The Labute approximate surface area is 141 Å². The topological polar surface area (TPSA) is 37.4 Å². The van der Waals surface area contributed by atoms with Crippen LogP contribution in [0.15, 0.2) is 78.9 Å². The highest BCUT2D eigenvalue weighted by Crippen LogP contribution is 2.28. The van der Waals surface area contributed by atoms with Gasteiger partial charge in [0.25, 0.3) is 0 Å². The second-order valence-corrected chi connectivity index (χ2v) is 5.46. The van der Waals surface area contributed by atoms with Crippen LogP contribution in [0, 0.1) is 0 Å². The molecule has 0 unspecified atom stereocenters. The first-order chi connectivity index (χ1) is 11.8. The Kier molecular flexibility index (Phi) is 4.82. The van der Waals surface area contributed by atoms with Crippen molar-refractivity contribution in [3.05, 3.63) is 95.6 Å². The van der Waals surface area contributed by atoms with Crippen LogP contribution in [0.3, 0.4) is 0 Å². The molecule has 0 spiro atoms. The highest BCUT2D eigenvalue weighted by molar-refractivity contribution is 5.92. The van der Waals surface area contributed by atoms with Crippen LogP contribution < -0.4 is 4.90 Å². The lowest BCUT2D eigenvalue weighted by atomic mass is 10.1. The molecule has 118 valence electrons. The third-order valence-electron chi connectivity index (χ3n) is 3.89. The Morgan fingerprint density at radius 1 is 0.667 bits per heavy atom. The van der Waals surface area contributed by atoms with Crippen LogP contribution in [0.2, 0.25) is 0 Å². The number of anilines is 2. The average molecular weight is 315 g/mol. The highest BCUT2D eigenvalue weighted by Gasteiger charge is 2.12. The minimum absolute atomic E-state index is 0.400. The summed E-state index contributed by atoms with van der Waals surface area (Å²) >= 11 is 0. The van der Waals surface area contributed by atoms with Gasteiger partial charge >= 0.3 is 0 Å². The molecule has 0 N–H and O–H groups in total. The SMILES string of the molecule is O=Cc1ccc(N(Cc2ccccc2)c2ccccc2)cc1C=O. The van der Waals surface area contributed by atoms with E-state index < -0.39 is 0 Å². The molecule has 0 heterocycles. The molecule has 3 nitrogen and oxygen atoms in total. The zero-order valence-electron chi connectivity index (χ0n) is 13.1. The largest absolute Gasteiger partial charge is 0.337 e. The molecular weight excluding hydrogens is 298 g/mol. The van der Waals surface area contributed by atoms with Crippen molar-refractivity contribution in [2.24, 2.45) is 0 Å². The molecule has 3 heteroatoms. The minimum Gasteiger partial charge on any atom is -0.337 e. The molecule has 0 bridgehead atoms. The second-order valence-electron chi connectivity index (χ2n) is 5.46. The van der Waals surface area contributed by atoms with Crippen LogP contribution >= 0.6 is 0 Å². The van der Waals surface area contributed by atoms with E-state index >= 15 is 0 Å². The Hall–Kier alpha value is -3.20. The summed E-state index contributed by atoms with van der Waals surface area (Å²) in [5.74, 6) is 0. The van der Waals surface area contributed by atoms with Gasteiger partial charge in [-0.15, -0.1) is 0 Å². The summed E-state index contributed by atoms with van der Waals surface area (Å²) < 4.78 is 0. The van der Waals surface area contributed by atoms with Crippen LogP contribution in [0.4, 0.5) is 11.4 Å². The number of hydrogen-bond acceptors (Lipinski definition) is 3. The molecule has 24 heavy (non-hydrogen) atoms. The zero-order chi connectivity index (χ0) is 16.8. The summed E-state index contributed by atoms with van der Waals surface area (Å²) in [5.41, 5.74) is 3.86. The van der Waals surface area contributed by atoms with Gasteiger partial charge in [0.05, 0.1) is 0 Å². The maximum atomic E-state index is 11.3. The van der Waals surface area contributed by atoms with Gasteiger partial charge in [-0.25, -0.2) is 0 Å². The fourth-order valence-corrected chi connectivity index (χ4v) is 2.65. The van der Waals surface area contributed by atoms with Gasteiger partial charge in [-0.3, -0.25) is 9.59 Å². The molecule has 3 aromatic rings. The van der Waals surface area contributed by atoms with Crippen LogP contribution in [0.1, 0.15) is 26.3 Å². The lowest BCUT2D eigenvalue weighted by Gasteiger charge is -2.25. The van der Waals surface area contributed by atoms with Crippen molar-refractivity contribution in [3.63, 3.8) is 0 Å². The lowest BCUT2D eigenvalue weighted by Crippen LogP contribution is -2.16. The minimum atomic E-state index is 0.400. The normalized spacial score (nSPS) is 10.2. The predicted molar refractivity (Wildman–Crippen MR) is 95.9 cm³/mol. The van der Waals surface area contributed by atoms with Crippen molar-refractivity contribution in [2.75, 3.05) is 4.90 Å². The van der Waals surface area contributed by atoms with Crippen molar-refractivity contribution in [3.8, 4) is 0 Å². The molecular formula is C21H17NO2. The summed E-state index contributed by atoms with van der Waals surface area (Å²) in [7, 11) is 0. The lowest BCUT2D eigenvalue weighted by molar-refractivity contribution is 0.109. The van der Waals surface area contributed by atoms with E-state index in [1.54, 1.807) is 12.1 Å². The molecule has 3 rings (SSSR count). The summed E-state index contributed by atoms with van der Waals surface area (Å²) in [6.45, 7) is 0.670. The van der Waals surface area contributed by atoms with Gasteiger partial charge in [-0.05, 0) is 35.9 Å². The number of nitrogens with zero attached hydrogens (tertiary/aromatic N) is 1. The van der Waals surface area contributed by atoms with E-state index in [1.807, 2.05) is 54.6 Å². The maximum absolute atomic E-state index is 11.3. The Balaban J connectivity index is 2.04. The Morgan fingerprint density at radius 2 is 1.29 bits per heavy atom. The van der Waals surface area contributed by atoms with Crippen LogP contribution in [-0.4, -0.2) is 12.6 Å². The van der Waals surface area contributed by atoms with E-state index in [0.29, 0.717) is 24.0 Å². The van der Waals surface area contributed by atoms with Crippen molar-refractivity contribution in [1.82, 2.24) is 0 Å². The summed E-state index contributed by atoms with van der Waals surface area (Å²) in [5, 5.41) is 0. The maximum Gasteiger partial charge on any atom is 0.150 e. The zero-order valence-corrected chi connectivity index (χ0v) is 13.1. The monoisotopic (exact) mass is 315 g/mol. The smallest absolute Gasteiger partial charge is 0.150 e. The van der Waals surface area contributed by atoms with Gasteiger partial charge in [0.15, 0.2) is 12.6 Å². The number of rotatable bonds is 6. The molecule has 0 aliphatic heterocycles.